The molecule has 90 valence electrons. The number of ether oxygens (including phenoxy) is 1. The molecular weight excluding hydrogens is 273 g/mol. The summed E-state index contributed by atoms with van der Waals surface area (Å²) < 4.78 is 29.1. The van der Waals surface area contributed by atoms with Crippen LogP contribution in [0.3, 0.4) is 0 Å². The Kier molecular flexibility index (Phi) is 4.43. The Bertz CT molecular complexity index is 488. The molecule has 0 fully saturated rings. The van der Waals surface area contributed by atoms with Gasteiger partial charge in [-0.1, -0.05) is 23.2 Å². The lowest BCUT2D eigenvalue weighted by atomic mass is 10.2. The van der Waals surface area contributed by atoms with E-state index < -0.39 is 10.0 Å². The van der Waals surface area contributed by atoms with Crippen molar-refractivity contribution in [3.63, 3.8) is 0 Å². The van der Waals surface area contributed by atoms with Crippen LogP contribution in [0.2, 0.25) is 10.0 Å². The Morgan fingerprint density at radius 1 is 1.31 bits per heavy atom. The highest BCUT2D eigenvalue weighted by Gasteiger charge is 2.09. The summed E-state index contributed by atoms with van der Waals surface area (Å²) in [5, 5.41) is 0.787. The Morgan fingerprint density at radius 2 is 1.94 bits per heavy atom. The molecule has 1 rings (SSSR count). The van der Waals surface area contributed by atoms with E-state index in [-0.39, 0.29) is 6.54 Å². The predicted octanol–water partition coefficient (Wildman–Crippen LogP) is 2.05. The summed E-state index contributed by atoms with van der Waals surface area (Å²) in [6, 6.07) is 3.12. The highest BCUT2D eigenvalue weighted by Crippen LogP contribution is 2.30. The van der Waals surface area contributed by atoms with Crippen LogP contribution in [0.15, 0.2) is 12.1 Å². The third-order valence-corrected chi connectivity index (χ3v) is 3.16. The molecule has 0 aliphatic rings. The molecule has 7 heteroatoms. The fourth-order valence-corrected chi connectivity index (χ4v) is 1.97. The predicted molar refractivity (Wildman–Crippen MR) is 64.7 cm³/mol. The van der Waals surface area contributed by atoms with Crippen molar-refractivity contribution in [2.24, 2.45) is 0 Å². The van der Waals surface area contributed by atoms with Crippen LogP contribution >= 0.6 is 23.2 Å². The molecule has 0 spiro atoms. The topological polar surface area (TPSA) is 55.4 Å². The normalized spacial score (nSPS) is 11.5. The Hall–Kier alpha value is -0.490. The van der Waals surface area contributed by atoms with Gasteiger partial charge in [0.25, 0.3) is 0 Å². The van der Waals surface area contributed by atoms with Crippen LogP contribution in [0, 0.1) is 0 Å². The monoisotopic (exact) mass is 283 g/mol. The van der Waals surface area contributed by atoms with E-state index in [2.05, 4.69) is 4.72 Å². The summed E-state index contributed by atoms with van der Waals surface area (Å²) in [4.78, 5) is 0. The lowest BCUT2D eigenvalue weighted by molar-refractivity contribution is 0.415. The first-order valence-corrected chi connectivity index (χ1v) is 6.95. The maximum atomic E-state index is 10.9. The highest BCUT2D eigenvalue weighted by molar-refractivity contribution is 7.88. The molecule has 0 bridgehead atoms. The number of sulfonamides is 1. The molecule has 0 amide bonds. The van der Waals surface area contributed by atoms with Crippen LogP contribution in [0.1, 0.15) is 5.56 Å². The molecular formula is C9H11Cl2NO3S. The van der Waals surface area contributed by atoms with Crippen LogP contribution in [-0.4, -0.2) is 21.8 Å². The molecule has 0 atom stereocenters. The number of methoxy groups -OCH3 is 1. The van der Waals surface area contributed by atoms with Crippen LogP contribution in [0.25, 0.3) is 0 Å². The SMILES string of the molecule is COc1cc(Cl)c(CNS(C)(=O)=O)cc1Cl. The number of benzene rings is 1. The van der Waals surface area contributed by atoms with Crippen molar-refractivity contribution in [2.45, 2.75) is 6.54 Å². The lowest BCUT2D eigenvalue weighted by Gasteiger charge is -2.09. The van der Waals surface area contributed by atoms with Gasteiger partial charge in [-0.3, -0.25) is 0 Å². The van der Waals surface area contributed by atoms with E-state index in [4.69, 9.17) is 27.9 Å². The summed E-state index contributed by atoms with van der Waals surface area (Å²) in [5.74, 6) is 0.453. The number of hydrogen-bond donors (Lipinski definition) is 1. The van der Waals surface area contributed by atoms with Crippen molar-refractivity contribution in [1.82, 2.24) is 4.72 Å². The molecule has 0 aromatic heterocycles. The second-order valence-electron chi connectivity index (χ2n) is 3.17. The fourth-order valence-electron chi connectivity index (χ4n) is 1.07. The summed E-state index contributed by atoms with van der Waals surface area (Å²) >= 11 is 11.8. The first kappa shape index (κ1) is 13.6. The molecule has 1 aromatic rings. The minimum absolute atomic E-state index is 0.0986. The molecule has 0 heterocycles. The quantitative estimate of drug-likeness (QED) is 0.920. The van der Waals surface area contributed by atoms with E-state index in [0.29, 0.717) is 21.4 Å². The van der Waals surface area contributed by atoms with Crippen molar-refractivity contribution in [2.75, 3.05) is 13.4 Å². The lowest BCUT2D eigenvalue weighted by Crippen LogP contribution is -2.21. The Morgan fingerprint density at radius 3 is 2.44 bits per heavy atom. The molecule has 16 heavy (non-hydrogen) atoms. The average molecular weight is 284 g/mol. The van der Waals surface area contributed by atoms with Gasteiger partial charge >= 0.3 is 0 Å². The van der Waals surface area contributed by atoms with Crippen molar-refractivity contribution < 1.29 is 13.2 Å². The van der Waals surface area contributed by atoms with Gasteiger partial charge in [0.15, 0.2) is 0 Å². The maximum absolute atomic E-state index is 10.9. The summed E-state index contributed by atoms with van der Waals surface area (Å²) in [6.07, 6.45) is 1.08. The smallest absolute Gasteiger partial charge is 0.209 e. The van der Waals surface area contributed by atoms with Gasteiger partial charge in [0.2, 0.25) is 10.0 Å². The van der Waals surface area contributed by atoms with E-state index in [0.717, 1.165) is 6.26 Å². The molecule has 0 saturated heterocycles. The van der Waals surface area contributed by atoms with E-state index >= 15 is 0 Å². The summed E-state index contributed by atoms with van der Waals surface area (Å²) in [5.41, 5.74) is 0.595. The van der Waals surface area contributed by atoms with Crippen molar-refractivity contribution in [3.05, 3.63) is 27.7 Å². The molecule has 0 aliphatic carbocycles. The van der Waals surface area contributed by atoms with E-state index in [1.54, 1.807) is 12.1 Å². The number of halogens is 2. The largest absolute Gasteiger partial charge is 0.495 e. The fraction of sp³-hybridized carbons (Fsp3) is 0.333. The van der Waals surface area contributed by atoms with Crippen LogP contribution in [-0.2, 0) is 16.6 Å². The van der Waals surface area contributed by atoms with Crippen molar-refractivity contribution >= 4 is 33.2 Å². The number of rotatable bonds is 4. The third kappa shape index (κ3) is 3.83. The summed E-state index contributed by atoms with van der Waals surface area (Å²) in [6.45, 7) is 0.0986. The Balaban J connectivity index is 2.94. The van der Waals surface area contributed by atoms with E-state index in [1.807, 2.05) is 0 Å². The van der Waals surface area contributed by atoms with Crippen molar-refractivity contribution in [3.8, 4) is 5.75 Å². The van der Waals surface area contributed by atoms with Gasteiger partial charge in [0.1, 0.15) is 5.75 Å². The second-order valence-corrected chi connectivity index (χ2v) is 5.82. The molecule has 1 aromatic carbocycles. The van der Waals surface area contributed by atoms with Gasteiger partial charge in [0, 0.05) is 17.6 Å². The van der Waals surface area contributed by atoms with Crippen LogP contribution < -0.4 is 9.46 Å². The standard InChI is InChI=1S/C9H11Cl2NO3S/c1-15-9-4-7(10)6(3-8(9)11)5-12-16(2,13)14/h3-4,12H,5H2,1-2H3. The maximum Gasteiger partial charge on any atom is 0.209 e. The average Bonchev–Trinajstić information content (AvgIpc) is 2.17. The van der Waals surface area contributed by atoms with Gasteiger partial charge in [-0.15, -0.1) is 0 Å². The van der Waals surface area contributed by atoms with Gasteiger partial charge < -0.3 is 4.74 Å². The van der Waals surface area contributed by atoms with Gasteiger partial charge in [0.05, 0.1) is 18.4 Å². The molecule has 1 N–H and O–H groups in total. The number of nitrogens with one attached hydrogen (secondary N) is 1. The van der Waals surface area contributed by atoms with E-state index in [1.165, 1.54) is 7.11 Å². The van der Waals surface area contributed by atoms with Gasteiger partial charge in [-0.05, 0) is 11.6 Å². The zero-order chi connectivity index (χ0) is 12.3. The minimum atomic E-state index is -3.25. The molecule has 0 saturated carbocycles. The highest BCUT2D eigenvalue weighted by atomic mass is 35.5. The van der Waals surface area contributed by atoms with Gasteiger partial charge in [-0.25, -0.2) is 13.1 Å². The Labute approximate surface area is 105 Å². The van der Waals surface area contributed by atoms with Crippen molar-refractivity contribution in [1.29, 1.82) is 0 Å². The zero-order valence-corrected chi connectivity index (χ0v) is 11.1. The van der Waals surface area contributed by atoms with E-state index in [9.17, 15) is 8.42 Å². The van der Waals surface area contributed by atoms with Gasteiger partial charge in [-0.2, -0.15) is 0 Å². The second kappa shape index (κ2) is 5.23. The molecule has 0 aliphatic heterocycles. The molecule has 0 unspecified atom stereocenters. The summed E-state index contributed by atoms with van der Waals surface area (Å²) in [7, 11) is -1.77. The van der Waals surface area contributed by atoms with Crippen LogP contribution in [0.5, 0.6) is 5.75 Å². The number of hydrogen-bond acceptors (Lipinski definition) is 3. The first-order chi connectivity index (χ1) is 7.33. The van der Waals surface area contributed by atoms with Crippen LogP contribution in [0.4, 0.5) is 0 Å². The third-order valence-electron chi connectivity index (χ3n) is 1.85. The molecule has 4 nitrogen and oxygen atoms in total. The zero-order valence-electron chi connectivity index (χ0n) is 8.75. The first-order valence-electron chi connectivity index (χ1n) is 4.30. The minimum Gasteiger partial charge on any atom is -0.495 e. The molecule has 0 radical (unpaired) electrons.